The average Bonchev–Trinajstić information content (AvgIpc) is 3.58. The van der Waals surface area contributed by atoms with Crippen LogP contribution >= 0.6 is 12.0 Å². The van der Waals surface area contributed by atoms with Crippen molar-refractivity contribution in [2.24, 2.45) is 15.5 Å². The van der Waals surface area contributed by atoms with Gasteiger partial charge in [0, 0.05) is 41.2 Å². The molecule has 2 aromatic carbocycles. The molecule has 1 aliphatic rings. The SMILES string of the molecule is CCN(CCNS(C)(=O)=O)c1ccc(/N=C2/C(C(C)(C)C)=Nn3c2nnc3C(C)NC(=O)c2cc(SOOO)cc(S(=O)(=O)O)c2)c(C)c1. The van der Waals surface area contributed by atoms with Crippen molar-refractivity contribution in [1.82, 2.24) is 24.9 Å². The van der Waals surface area contributed by atoms with Gasteiger partial charge in [-0.2, -0.15) is 18.2 Å². The van der Waals surface area contributed by atoms with E-state index in [0.717, 1.165) is 29.6 Å². The normalized spacial score (nSPS) is 14.9. The van der Waals surface area contributed by atoms with E-state index in [9.17, 15) is 26.2 Å². The smallest absolute Gasteiger partial charge is 0.294 e. The minimum Gasteiger partial charge on any atom is -0.370 e. The fourth-order valence-electron chi connectivity index (χ4n) is 4.89. The molecule has 17 nitrogen and oxygen atoms in total. The third kappa shape index (κ3) is 9.48. The molecule has 1 unspecified atom stereocenters. The first-order valence-corrected chi connectivity index (χ1v) is 18.9. The average molecular weight is 739 g/mol. The first-order chi connectivity index (χ1) is 22.8. The van der Waals surface area contributed by atoms with E-state index in [0.29, 0.717) is 48.1 Å². The Labute approximate surface area is 288 Å². The Kier molecular flexibility index (Phi) is 11.7. The van der Waals surface area contributed by atoms with Crippen LogP contribution < -0.4 is 14.9 Å². The lowest BCUT2D eigenvalue weighted by atomic mass is 9.87. The molecule has 2 heterocycles. The number of aliphatic imine (C=N–C) groups is 1. The van der Waals surface area contributed by atoms with Crippen LogP contribution in [0.5, 0.6) is 0 Å². The molecule has 1 aromatic heterocycles. The van der Waals surface area contributed by atoms with Crippen LogP contribution in [0.3, 0.4) is 0 Å². The molecule has 20 heteroatoms. The van der Waals surface area contributed by atoms with Gasteiger partial charge in [-0.15, -0.1) is 14.5 Å². The highest BCUT2D eigenvalue weighted by Gasteiger charge is 2.36. The van der Waals surface area contributed by atoms with Crippen molar-refractivity contribution in [2.75, 3.05) is 30.8 Å². The van der Waals surface area contributed by atoms with E-state index in [1.807, 2.05) is 57.7 Å². The van der Waals surface area contributed by atoms with Crippen LogP contribution in [0.2, 0.25) is 0 Å². The third-order valence-electron chi connectivity index (χ3n) is 7.25. The van der Waals surface area contributed by atoms with Gasteiger partial charge in [-0.05, 0) is 62.7 Å². The van der Waals surface area contributed by atoms with Crippen LogP contribution in [-0.2, 0) is 29.5 Å². The van der Waals surface area contributed by atoms with E-state index in [1.165, 1.54) is 10.7 Å². The van der Waals surface area contributed by atoms with E-state index in [-0.39, 0.29) is 22.8 Å². The van der Waals surface area contributed by atoms with E-state index in [2.05, 4.69) is 29.6 Å². The van der Waals surface area contributed by atoms with Crippen LogP contribution in [0, 0.1) is 12.3 Å². The number of fused-ring (bicyclic) bond motifs is 1. The maximum Gasteiger partial charge on any atom is 0.294 e. The van der Waals surface area contributed by atoms with Gasteiger partial charge < -0.3 is 10.2 Å². The van der Waals surface area contributed by atoms with Gasteiger partial charge in [0.1, 0.15) is 5.71 Å². The maximum absolute atomic E-state index is 13.3. The summed E-state index contributed by atoms with van der Waals surface area (Å²) in [5, 5.41) is 28.2. The number of carbonyl (C=O) groups is 1. The lowest BCUT2D eigenvalue weighted by molar-refractivity contribution is -0.432. The van der Waals surface area contributed by atoms with Crippen molar-refractivity contribution >= 4 is 60.9 Å². The Balaban J connectivity index is 1.63. The summed E-state index contributed by atoms with van der Waals surface area (Å²) >= 11 is 0.416. The van der Waals surface area contributed by atoms with E-state index < -0.39 is 42.4 Å². The topological polar surface area (TPSA) is 227 Å². The highest BCUT2D eigenvalue weighted by Crippen LogP contribution is 2.31. The number of aryl methyl sites for hydroxylation is 1. The van der Waals surface area contributed by atoms with E-state index in [1.54, 1.807) is 6.92 Å². The minimum atomic E-state index is -4.69. The number of nitrogens with zero attached hydrogens (tertiary/aromatic N) is 6. The number of sulfonamides is 1. The van der Waals surface area contributed by atoms with E-state index >= 15 is 0 Å². The summed E-state index contributed by atoms with van der Waals surface area (Å²) < 4.78 is 64.5. The van der Waals surface area contributed by atoms with Crippen molar-refractivity contribution < 1.29 is 40.8 Å². The molecule has 0 aliphatic carbocycles. The number of benzene rings is 2. The third-order valence-corrected chi connectivity index (χ3v) is 9.37. The Bertz CT molecular complexity index is 2010. The predicted octanol–water partition coefficient (Wildman–Crippen LogP) is 3.51. The summed E-state index contributed by atoms with van der Waals surface area (Å²) in [6.45, 7) is 12.9. The number of hydrogen-bond donors (Lipinski definition) is 4. The lowest BCUT2D eigenvalue weighted by Crippen LogP contribution is -2.34. The second kappa shape index (κ2) is 15.0. The number of likely N-dealkylation sites (N-methyl/N-ethyl adjacent to an activating group) is 1. The summed E-state index contributed by atoms with van der Waals surface area (Å²) in [7, 11) is -7.99. The van der Waals surface area contributed by atoms with Gasteiger partial charge >= 0.3 is 0 Å². The molecule has 49 heavy (non-hydrogen) atoms. The molecule has 1 amide bonds. The number of aromatic nitrogens is 3. The minimum absolute atomic E-state index is 0.0419. The molecule has 0 bridgehead atoms. The largest absolute Gasteiger partial charge is 0.370 e. The van der Waals surface area contributed by atoms with Gasteiger partial charge in [0.15, 0.2) is 5.82 Å². The van der Waals surface area contributed by atoms with Gasteiger partial charge in [0.2, 0.25) is 15.8 Å². The molecule has 266 valence electrons. The number of carbonyl (C=O) groups excluding carboxylic acids is 1. The molecular weight excluding hydrogens is 701 g/mol. The number of rotatable bonds is 14. The molecular formula is C29H38N8O9S3. The van der Waals surface area contributed by atoms with Crippen LogP contribution in [0.15, 0.2) is 56.3 Å². The molecule has 0 spiro atoms. The Morgan fingerprint density at radius 1 is 1.14 bits per heavy atom. The quantitative estimate of drug-likeness (QED) is 0.0805. The van der Waals surface area contributed by atoms with E-state index in [4.69, 9.17) is 15.4 Å². The van der Waals surface area contributed by atoms with Gasteiger partial charge in [-0.3, -0.25) is 9.35 Å². The molecule has 4 rings (SSSR count). The zero-order chi connectivity index (χ0) is 36.3. The monoisotopic (exact) mass is 738 g/mol. The fourth-order valence-corrected chi connectivity index (χ4v) is 6.43. The zero-order valence-corrected chi connectivity index (χ0v) is 30.3. The maximum atomic E-state index is 13.3. The molecule has 3 aromatic rings. The van der Waals surface area contributed by atoms with Crippen LogP contribution in [-0.4, -0.2) is 84.7 Å². The molecule has 0 fully saturated rings. The highest BCUT2D eigenvalue weighted by atomic mass is 32.2. The molecule has 1 atom stereocenters. The predicted molar refractivity (Wildman–Crippen MR) is 183 cm³/mol. The van der Waals surface area contributed by atoms with Crippen molar-refractivity contribution in [3.05, 3.63) is 59.2 Å². The first kappa shape index (κ1) is 38.0. The van der Waals surface area contributed by atoms with Crippen molar-refractivity contribution in [1.29, 1.82) is 0 Å². The fraction of sp³-hybridized carbons (Fsp3) is 0.414. The molecule has 4 N–H and O–H groups in total. The molecule has 0 radical (unpaired) electrons. The van der Waals surface area contributed by atoms with Crippen molar-refractivity contribution in [3.63, 3.8) is 0 Å². The van der Waals surface area contributed by atoms with Gasteiger partial charge in [0.05, 0.1) is 40.6 Å². The molecule has 1 aliphatic heterocycles. The van der Waals surface area contributed by atoms with Gasteiger partial charge in [-0.25, -0.2) is 23.4 Å². The standard InChI is InChI=1S/C29H38N8O9S3/c1-8-36(12-11-30-48(7,40)41)20-9-10-23(17(2)13-20)32-24-25(29(4,5)6)35-37-26(33-34-27(24)37)18(3)31-28(38)19-14-21(47-46-45-39)16-22(15-19)49(42,43)44/h9-10,13-16,18,30,39H,8,11-12H2,1-7H3,(H,31,38)(H,42,43,44)/b32-24-. The van der Waals surface area contributed by atoms with Crippen LogP contribution in [0.1, 0.15) is 68.2 Å². The number of amides is 1. The lowest BCUT2D eigenvalue weighted by Gasteiger charge is -2.24. The second-order valence-corrected chi connectivity index (χ2v) is 16.2. The van der Waals surface area contributed by atoms with Crippen LogP contribution in [0.4, 0.5) is 11.4 Å². The summed E-state index contributed by atoms with van der Waals surface area (Å²) in [6.07, 6.45) is 1.12. The summed E-state index contributed by atoms with van der Waals surface area (Å²) in [5.74, 6) is -0.0704. The summed E-state index contributed by atoms with van der Waals surface area (Å²) in [6, 6.07) is 8.27. The Morgan fingerprint density at radius 2 is 1.86 bits per heavy atom. The van der Waals surface area contributed by atoms with Crippen molar-refractivity contribution in [2.45, 2.75) is 57.4 Å². The van der Waals surface area contributed by atoms with Gasteiger partial charge in [-0.1, -0.05) is 25.8 Å². The van der Waals surface area contributed by atoms with Crippen molar-refractivity contribution in [3.8, 4) is 0 Å². The number of hydrogen-bond acceptors (Lipinski definition) is 14. The highest BCUT2D eigenvalue weighted by molar-refractivity contribution is 7.94. The summed E-state index contributed by atoms with van der Waals surface area (Å²) in [5.41, 5.74) is 2.98. The number of nitrogens with one attached hydrogen (secondary N) is 2. The second-order valence-electron chi connectivity index (χ2n) is 12.2. The van der Waals surface area contributed by atoms with Crippen LogP contribution in [0.25, 0.3) is 0 Å². The first-order valence-electron chi connectivity index (χ1n) is 14.8. The molecule has 0 saturated carbocycles. The summed E-state index contributed by atoms with van der Waals surface area (Å²) in [4.78, 5) is 19.7. The molecule has 0 saturated heterocycles. The van der Waals surface area contributed by atoms with Gasteiger partial charge in [0.25, 0.3) is 16.0 Å². The zero-order valence-electron chi connectivity index (χ0n) is 27.8. The Morgan fingerprint density at radius 3 is 2.45 bits per heavy atom. The Hall–Kier alpha value is -3.76. The number of anilines is 1.